The zero-order chi connectivity index (χ0) is 23.0. The molecule has 0 bridgehead atoms. The summed E-state index contributed by atoms with van der Waals surface area (Å²) in [7, 11) is 2.36. The minimum atomic E-state index is 1.20. The van der Waals surface area contributed by atoms with Crippen LogP contribution in [0.4, 0.5) is 0 Å². The molecular weight excluding hydrogens is 492 g/mol. The van der Waals surface area contributed by atoms with Crippen molar-refractivity contribution in [3.05, 3.63) is 144 Å². The lowest BCUT2D eigenvalue weighted by atomic mass is 10.4. The van der Waals surface area contributed by atoms with E-state index in [1.807, 2.05) is 6.07 Å². The summed E-state index contributed by atoms with van der Waals surface area (Å²) in [6.07, 6.45) is 0. The third kappa shape index (κ3) is 6.74. The zero-order valence-corrected chi connectivity index (χ0v) is 21.5. The summed E-state index contributed by atoms with van der Waals surface area (Å²) in [6, 6.07) is 47.2. The smallest absolute Gasteiger partial charge is 0.0901 e. The van der Waals surface area contributed by atoms with Crippen LogP contribution in [0.2, 0.25) is 10.0 Å². The van der Waals surface area contributed by atoms with Gasteiger partial charge in [-0.2, -0.15) is 0 Å². The Morgan fingerprint density at radius 3 is 0.882 bits per heavy atom. The van der Waals surface area contributed by atoms with Crippen LogP contribution in [0, 0.1) is 10.8 Å². The summed E-state index contributed by atoms with van der Waals surface area (Å²) in [5, 5.41) is 2.40. The molecule has 0 heterocycles. The number of benzene rings is 5. The van der Waals surface area contributed by atoms with Gasteiger partial charge in [0.15, 0.2) is 0 Å². The lowest BCUT2D eigenvalue weighted by Crippen LogP contribution is -1.83. The fourth-order valence-corrected chi connectivity index (χ4v) is 6.47. The molecule has 0 aliphatic carbocycles. The minimum absolute atomic E-state index is 1.20. The highest BCUT2D eigenvalue weighted by Gasteiger charge is 2.14. The molecule has 0 spiro atoms. The van der Waals surface area contributed by atoms with Gasteiger partial charge in [-0.15, -0.1) is 0 Å². The molecule has 0 aliphatic heterocycles. The van der Waals surface area contributed by atoms with Crippen molar-refractivity contribution in [3.8, 4) is 0 Å². The molecule has 5 aromatic carbocycles. The van der Waals surface area contributed by atoms with Crippen LogP contribution >= 0.6 is 35.3 Å². The fourth-order valence-electron chi connectivity index (χ4n) is 3.22. The maximum Gasteiger partial charge on any atom is 0.235 e. The maximum atomic E-state index is 2.36. The SMILES string of the molecule is c1ccc(Sc2ccc(Sc3ccc([Cl+]c4ccc(Sc5ccccc5)cc4)cc3)cc2)cc1. The molecule has 0 saturated carbocycles. The van der Waals surface area contributed by atoms with Gasteiger partial charge in [-0.25, -0.2) is 0 Å². The van der Waals surface area contributed by atoms with Crippen molar-refractivity contribution >= 4 is 35.3 Å². The maximum absolute atomic E-state index is 2.36. The zero-order valence-electron chi connectivity index (χ0n) is 18.3. The van der Waals surface area contributed by atoms with E-state index >= 15 is 0 Å². The number of hydrogen-bond acceptors (Lipinski definition) is 3. The van der Waals surface area contributed by atoms with Crippen LogP contribution in [0.3, 0.4) is 0 Å². The largest absolute Gasteiger partial charge is 0.235 e. The first-order chi connectivity index (χ1) is 16.8. The van der Waals surface area contributed by atoms with E-state index in [-0.39, 0.29) is 0 Å². The normalized spacial score (nSPS) is 10.8. The van der Waals surface area contributed by atoms with E-state index in [0.717, 1.165) is 0 Å². The molecule has 0 unspecified atom stereocenters. The predicted molar refractivity (Wildman–Crippen MR) is 143 cm³/mol. The van der Waals surface area contributed by atoms with E-state index in [1.54, 1.807) is 35.3 Å². The van der Waals surface area contributed by atoms with Gasteiger partial charge in [0, 0.05) is 53.6 Å². The first-order valence-electron chi connectivity index (χ1n) is 10.9. The van der Waals surface area contributed by atoms with E-state index in [1.165, 1.54) is 39.4 Å². The van der Waals surface area contributed by atoms with Crippen LogP contribution in [-0.4, -0.2) is 0 Å². The van der Waals surface area contributed by atoms with Crippen LogP contribution in [0.1, 0.15) is 0 Å². The number of hydrogen-bond donors (Lipinski definition) is 0. The predicted octanol–water partition coefficient (Wildman–Crippen LogP) is 9.75. The summed E-state index contributed by atoms with van der Waals surface area (Å²) in [6.45, 7) is 0. The van der Waals surface area contributed by atoms with Gasteiger partial charge < -0.3 is 0 Å². The Morgan fingerprint density at radius 1 is 0.294 bits per heavy atom. The van der Waals surface area contributed by atoms with Crippen molar-refractivity contribution in [1.82, 2.24) is 0 Å². The lowest BCUT2D eigenvalue weighted by Gasteiger charge is -2.04. The van der Waals surface area contributed by atoms with Gasteiger partial charge >= 0.3 is 0 Å². The van der Waals surface area contributed by atoms with E-state index in [2.05, 4.69) is 138 Å². The quantitative estimate of drug-likeness (QED) is 0.202. The van der Waals surface area contributed by atoms with Crippen molar-refractivity contribution in [1.29, 1.82) is 0 Å². The second-order valence-electron chi connectivity index (χ2n) is 7.41. The van der Waals surface area contributed by atoms with Crippen molar-refractivity contribution < 1.29 is 10.8 Å². The highest BCUT2D eigenvalue weighted by Crippen LogP contribution is 2.33. The molecule has 0 aromatic heterocycles. The molecule has 0 radical (unpaired) electrons. The topological polar surface area (TPSA) is 0 Å². The third-order valence-corrected chi connectivity index (χ3v) is 8.85. The molecule has 34 heavy (non-hydrogen) atoms. The van der Waals surface area contributed by atoms with E-state index in [0.29, 0.717) is 0 Å². The molecule has 4 heteroatoms. The third-order valence-electron chi connectivity index (χ3n) is 4.86. The second kappa shape index (κ2) is 11.7. The summed E-state index contributed by atoms with van der Waals surface area (Å²) >= 11 is 5.37. The second-order valence-corrected chi connectivity index (χ2v) is 11.9. The molecule has 0 N–H and O–H groups in total. The van der Waals surface area contributed by atoms with Gasteiger partial charge in [0.1, 0.15) is 0 Å². The Labute approximate surface area is 217 Å². The molecule has 0 atom stereocenters. The Hall–Kier alpha value is -2.56. The van der Waals surface area contributed by atoms with Gasteiger partial charge in [-0.1, -0.05) is 71.7 Å². The van der Waals surface area contributed by atoms with Gasteiger partial charge in [-0.3, -0.25) is 0 Å². The first kappa shape index (κ1) is 23.2. The van der Waals surface area contributed by atoms with Crippen molar-refractivity contribution in [2.75, 3.05) is 0 Å². The van der Waals surface area contributed by atoms with Gasteiger partial charge in [0.05, 0.1) is 0 Å². The Balaban J connectivity index is 1.15. The molecule has 5 rings (SSSR count). The molecule has 0 fully saturated rings. The summed E-state index contributed by atoms with van der Waals surface area (Å²) in [5.41, 5.74) is 0. The number of halogens is 1. The van der Waals surface area contributed by atoms with E-state index in [4.69, 9.17) is 0 Å². The molecule has 0 amide bonds. The average Bonchev–Trinajstić information content (AvgIpc) is 2.89. The van der Waals surface area contributed by atoms with Crippen molar-refractivity contribution in [3.63, 3.8) is 0 Å². The van der Waals surface area contributed by atoms with Gasteiger partial charge in [0.25, 0.3) is 0 Å². The van der Waals surface area contributed by atoms with Crippen LogP contribution in [-0.2, 0) is 0 Å². The highest BCUT2D eigenvalue weighted by molar-refractivity contribution is 8.00. The van der Waals surface area contributed by atoms with Gasteiger partial charge in [0.2, 0.25) is 20.8 Å². The van der Waals surface area contributed by atoms with E-state index in [9.17, 15) is 0 Å². The Kier molecular flexibility index (Phi) is 8.00. The molecule has 0 aliphatic rings. The molecule has 0 saturated heterocycles. The first-order valence-corrected chi connectivity index (χ1v) is 14.1. The summed E-state index contributed by atoms with van der Waals surface area (Å²) in [5.74, 6) is 0. The monoisotopic (exact) mass is 513 g/mol. The van der Waals surface area contributed by atoms with Gasteiger partial charge in [-0.05, 0) is 72.8 Å². The standard InChI is InChI=1S/C30H22ClS3/c1-3-7-25(8-4-1)32-27-15-11-23(12-16-27)31-24-13-17-28(18-14-24)34-30-21-19-29(20-22-30)33-26-9-5-2-6-10-26/h1-22H/q+1. The minimum Gasteiger partial charge on any atom is -0.0901 e. The molecule has 166 valence electrons. The Bertz CT molecular complexity index is 1200. The van der Waals surface area contributed by atoms with Crippen LogP contribution in [0.15, 0.2) is 163 Å². The van der Waals surface area contributed by atoms with Crippen LogP contribution in [0.25, 0.3) is 0 Å². The number of rotatable bonds is 8. The van der Waals surface area contributed by atoms with Crippen LogP contribution < -0.4 is 0 Å². The average molecular weight is 514 g/mol. The highest BCUT2D eigenvalue weighted by atomic mass is 35.5. The lowest BCUT2D eigenvalue weighted by molar-refractivity contribution is -0.535. The Morgan fingerprint density at radius 2 is 0.559 bits per heavy atom. The van der Waals surface area contributed by atoms with Crippen LogP contribution in [0.5, 0.6) is 0 Å². The summed E-state index contributed by atoms with van der Waals surface area (Å²) < 4.78 is 0. The molecule has 0 nitrogen and oxygen atoms in total. The molecule has 5 aromatic rings. The molecular formula is C30H22ClS3+. The van der Waals surface area contributed by atoms with Crippen molar-refractivity contribution in [2.45, 2.75) is 29.4 Å². The van der Waals surface area contributed by atoms with E-state index < -0.39 is 0 Å². The summed E-state index contributed by atoms with van der Waals surface area (Å²) in [4.78, 5) is 7.52. The van der Waals surface area contributed by atoms with Crippen molar-refractivity contribution in [2.24, 2.45) is 0 Å². The fraction of sp³-hybridized carbons (Fsp3) is 0.